The van der Waals surface area contributed by atoms with Crippen LogP contribution in [0.25, 0.3) is 11.4 Å². The maximum absolute atomic E-state index is 16.0. The molecule has 326 valence electrons. The number of hydrogen-bond donors (Lipinski definition) is 2. The third-order valence-electron chi connectivity index (χ3n) is 10.0. The summed E-state index contributed by atoms with van der Waals surface area (Å²) < 4.78 is 98.4. The molecule has 7 rings (SSSR count). The summed E-state index contributed by atoms with van der Waals surface area (Å²) in [4.78, 5) is 50.8. The van der Waals surface area contributed by atoms with E-state index in [0.717, 1.165) is 33.0 Å². The molecule has 3 heterocycles. The van der Waals surface area contributed by atoms with E-state index in [0.29, 0.717) is 5.56 Å². The lowest BCUT2D eigenvalue weighted by Gasteiger charge is -2.35. The average Bonchev–Trinajstić information content (AvgIpc) is 3.50. The minimum Gasteiger partial charge on any atom is -0.447 e. The number of tetrazole rings is 1. The van der Waals surface area contributed by atoms with E-state index < -0.39 is 90.3 Å². The van der Waals surface area contributed by atoms with Gasteiger partial charge in [0.15, 0.2) is 5.82 Å². The molecule has 0 bridgehead atoms. The van der Waals surface area contributed by atoms with Gasteiger partial charge in [-0.2, -0.15) is 23.0 Å². The standard InChI is InChI=1S/C39H36ClF6N11O5/c1-36(2,3)19-38(24-10-12-27(26(41)16-24)55-21-48-53-54-55)32(58)56(33(51-38)50-34(59)61-17-22-7-5-4-6-8-22)29(18-62-35(60)52-37(13-14-37)39(44,45)46)23-9-11-25(40)28(15-23)57-31(30(42)43)47-20-49-57/h4-12,15-16,20-21,29-30H,13-14,17-19H2,1-3H3,(H,52,60)(H,50,51,59)/t29-,38-/m1/s1. The van der Waals surface area contributed by atoms with Crippen molar-refractivity contribution in [2.24, 2.45) is 10.4 Å². The zero-order valence-electron chi connectivity index (χ0n) is 32.9. The van der Waals surface area contributed by atoms with Gasteiger partial charge in [-0.05, 0) is 76.1 Å². The van der Waals surface area contributed by atoms with Crippen LogP contribution in [0.3, 0.4) is 0 Å². The highest BCUT2D eigenvalue weighted by molar-refractivity contribution is 6.32. The van der Waals surface area contributed by atoms with Crippen LogP contribution in [0.5, 0.6) is 0 Å². The minimum atomic E-state index is -4.81. The molecule has 1 saturated carbocycles. The number of benzene rings is 3. The molecule has 16 nitrogen and oxygen atoms in total. The van der Waals surface area contributed by atoms with E-state index in [1.54, 1.807) is 51.1 Å². The first-order valence-corrected chi connectivity index (χ1v) is 19.1. The van der Waals surface area contributed by atoms with E-state index >= 15 is 9.18 Å². The Labute approximate surface area is 353 Å². The van der Waals surface area contributed by atoms with Crippen molar-refractivity contribution in [3.8, 4) is 11.4 Å². The smallest absolute Gasteiger partial charge is 0.437 e. The monoisotopic (exact) mass is 887 g/mol. The normalized spacial score (nSPS) is 18.5. The van der Waals surface area contributed by atoms with Crippen LogP contribution < -0.4 is 10.6 Å². The number of carbonyl (C=O) groups is 3. The number of aliphatic imine (C=N–C) groups is 1. The van der Waals surface area contributed by atoms with Crippen LogP contribution in [0.15, 0.2) is 84.4 Å². The van der Waals surface area contributed by atoms with Crippen LogP contribution in [-0.4, -0.2) is 82.2 Å². The number of carbonyl (C=O) groups excluding carboxylic acids is 3. The number of alkyl carbamates (subject to hydrolysis) is 1. The van der Waals surface area contributed by atoms with Gasteiger partial charge in [0.05, 0.1) is 16.8 Å². The Morgan fingerprint density at radius 1 is 1.02 bits per heavy atom. The number of halogens is 7. The van der Waals surface area contributed by atoms with Gasteiger partial charge >= 0.3 is 18.4 Å². The molecule has 3 amide bonds. The number of ether oxygens (including phenoxy) is 2. The molecule has 1 aliphatic heterocycles. The molecule has 0 unspecified atom stereocenters. The van der Waals surface area contributed by atoms with Gasteiger partial charge in [0.2, 0.25) is 5.96 Å². The van der Waals surface area contributed by atoms with E-state index in [1.165, 1.54) is 30.3 Å². The highest BCUT2D eigenvalue weighted by atomic mass is 35.5. The lowest BCUT2D eigenvalue weighted by Crippen LogP contribution is -2.49. The molecule has 62 heavy (non-hydrogen) atoms. The van der Waals surface area contributed by atoms with E-state index in [2.05, 4.69) is 35.9 Å². The maximum atomic E-state index is 16.0. The van der Waals surface area contributed by atoms with Gasteiger partial charge in [0.1, 0.15) is 48.5 Å². The number of alkyl halides is 5. The number of aromatic nitrogens is 7. The molecule has 1 saturated heterocycles. The fraction of sp³-hybridized carbons (Fsp3) is 0.359. The molecule has 0 radical (unpaired) electrons. The van der Waals surface area contributed by atoms with Crippen LogP contribution in [0.1, 0.15) is 75.0 Å². The van der Waals surface area contributed by atoms with Crippen molar-refractivity contribution in [1.29, 1.82) is 0 Å². The zero-order chi connectivity index (χ0) is 44.6. The van der Waals surface area contributed by atoms with Crippen molar-refractivity contribution in [2.75, 3.05) is 6.61 Å². The number of guanidine groups is 1. The number of nitrogens with zero attached hydrogens (tertiary/aromatic N) is 9. The zero-order valence-corrected chi connectivity index (χ0v) is 33.7. The first kappa shape index (κ1) is 43.5. The molecule has 3 aromatic carbocycles. The van der Waals surface area contributed by atoms with E-state index in [1.807, 2.05) is 5.32 Å². The summed E-state index contributed by atoms with van der Waals surface area (Å²) in [5, 5.41) is 19.4. The topological polar surface area (TPSA) is 184 Å². The second-order valence-corrected chi connectivity index (χ2v) is 16.1. The van der Waals surface area contributed by atoms with Crippen molar-refractivity contribution < 1.29 is 50.2 Å². The Morgan fingerprint density at radius 2 is 1.76 bits per heavy atom. The maximum Gasteiger partial charge on any atom is 0.437 e. The number of amides is 3. The molecule has 2 aromatic heterocycles. The predicted molar refractivity (Wildman–Crippen MR) is 205 cm³/mol. The molecule has 1 aliphatic carbocycles. The van der Waals surface area contributed by atoms with Crippen molar-refractivity contribution in [2.45, 2.75) is 76.4 Å². The molecule has 2 atom stereocenters. The average molecular weight is 888 g/mol. The van der Waals surface area contributed by atoms with Crippen LogP contribution in [0, 0.1) is 11.2 Å². The number of nitrogens with one attached hydrogen (secondary N) is 2. The SMILES string of the molecule is CC(C)(C)C[C@]1(c2ccc(-n3cnnn3)c(F)c2)N/C(=N\C(=O)OCc2ccccc2)N([C@H](COC(=O)NC2(C(F)(F)F)CC2)c2ccc(Cl)c(-n3ncnc3C(F)F)c2)C1=O. The quantitative estimate of drug-likeness (QED) is 0.120. The van der Waals surface area contributed by atoms with Crippen molar-refractivity contribution in [3.63, 3.8) is 0 Å². The number of rotatable bonds is 12. The van der Waals surface area contributed by atoms with Gasteiger partial charge in [-0.15, -0.1) is 10.1 Å². The van der Waals surface area contributed by atoms with E-state index in [-0.39, 0.29) is 40.6 Å². The largest absolute Gasteiger partial charge is 0.447 e. The van der Waals surface area contributed by atoms with Gasteiger partial charge in [-0.3, -0.25) is 9.69 Å². The molecule has 2 fully saturated rings. The summed E-state index contributed by atoms with van der Waals surface area (Å²) in [6.07, 6.45) is -9.57. The van der Waals surface area contributed by atoms with Gasteiger partial charge in [-0.1, -0.05) is 74.8 Å². The van der Waals surface area contributed by atoms with Crippen LogP contribution in [0.2, 0.25) is 5.02 Å². The second kappa shape index (κ2) is 16.7. The second-order valence-electron chi connectivity index (χ2n) is 15.7. The Hall–Kier alpha value is -6.58. The molecule has 0 spiro atoms. The molecule has 2 N–H and O–H groups in total. The fourth-order valence-electron chi connectivity index (χ4n) is 7.05. The summed E-state index contributed by atoms with van der Waals surface area (Å²) in [5.41, 5.74) is -4.92. The lowest BCUT2D eigenvalue weighted by molar-refractivity contribution is -0.164. The highest BCUT2D eigenvalue weighted by Gasteiger charge is 2.65. The predicted octanol–water partition coefficient (Wildman–Crippen LogP) is 7.29. The third kappa shape index (κ3) is 8.90. The van der Waals surface area contributed by atoms with Gasteiger partial charge in [0.25, 0.3) is 12.3 Å². The summed E-state index contributed by atoms with van der Waals surface area (Å²) in [6, 6.07) is 14.5. The minimum absolute atomic E-state index is 0.0165. The van der Waals surface area contributed by atoms with Gasteiger partial charge in [0, 0.05) is 0 Å². The first-order chi connectivity index (χ1) is 29.3. The summed E-state index contributed by atoms with van der Waals surface area (Å²) in [6.45, 7) is 4.19. The van der Waals surface area contributed by atoms with Crippen LogP contribution in [-0.2, 0) is 26.4 Å². The Bertz CT molecular complexity index is 2490. The fourth-order valence-corrected chi connectivity index (χ4v) is 7.25. The van der Waals surface area contributed by atoms with Gasteiger partial charge < -0.3 is 20.1 Å². The van der Waals surface area contributed by atoms with Crippen molar-refractivity contribution in [1.82, 2.24) is 50.5 Å². The van der Waals surface area contributed by atoms with E-state index in [9.17, 15) is 31.5 Å². The molecule has 2 aliphatic rings. The molecule has 23 heteroatoms. The molecular formula is C39H36ClF6N11O5. The summed E-state index contributed by atoms with van der Waals surface area (Å²) in [5.74, 6) is -3.07. The van der Waals surface area contributed by atoms with Crippen molar-refractivity contribution >= 4 is 35.7 Å². The first-order valence-electron chi connectivity index (χ1n) is 18.7. The Morgan fingerprint density at radius 3 is 2.39 bits per heavy atom. The molecule has 5 aromatic rings. The Balaban J connectivity index is 1.37. The molecular weight excluding hydrogens is 852 g/mol. The van der Waals surface area contributed by atoms with E-state index in [4.69, 9.17) is 21.1 Å². The summed E-state index contributed by atoms with van der Waals surface area (Å²) in [7, 11) is 0. The van der Waals surface area contributed by atoms with Gasteiger partial charge in [-0.25, -0.2) is 32.4 Å². The number of hydrogen-bond acceptors (Lipinski definition) is 10. The third-order valence-corrected chi connectivity index (χ3v) is 10.4. The van der Waals surface area contributed by atoms with Crippen molar-refractivity contribution in [3.05, 3.63) is 113 Å². The summed E-state index contributed by atoms with van der Waals surface area (Å²) >= 11 is 6.49. The lowest BCUT2D eigenvalue weighted by atomic mass is 9.75. The highest BCUT2D eigenvalue weighted by Crippen LogP contribution is 2.49. The Kier molecular flexibility index (Phi) is 11.7. The van der Waals surface area contributed by atoms with Crippen LogP contribution >= 0.6 is 11.6 Å². The van der Waals surface area contributed by atoms with Crippen LogP contribution in [0.4, 0.5) is 35.9 Å².